The lowest BCUT2D eigenvalue weighted by atomic mass is 10.3. The van der Waals surface area contributed by atoms with Gasteiger partial charge in [0.15, 0.2) is 0 Å². The maximum atomic E-state index is 11.7. The number of benzene rings is 1. The van der Waals surface area contributed by atoms with Gasteiger partial charge in [0, 0.05) is 16.9 Å². The lowest BCUT2D eigenvalue weighted by Crippen LogP contribution is -2.18. The molecule has 1 aromatic heterocycles. The minimum Gasteiger partial charge on any atom is -0.324 e. The van der Waals surface area contributed by atoms with Gasteiger partial charge in [0.2, 0.25) is 5.91 Å². The third kappa shape index (κ3) is 3.57. The normalized spacial score (nSPS) is 10.2. The Morgan fingerprint density at radius 1 is 1.41 bits per heavy atom. The van der Waals surface area contributed by atoms with E-state index in [-0.39, 0.29) is 12.5 Å². The van der Waals surface area contributed by atoms with E-state index in [1.54, 1.807) is 41.3 Å². The van der Waals surface area contributed by atoms with Gasteiger partial charge < -0.3 is 5.32 Å². The second kappa shape index (κ2) is 5.33. The van der Waals surface area contributed by atoms with Crippen LogP contribution in [-0.4, -0.2) is 15.7 Å². The zero-order valence-corrected chi connectivity index (χ0v) is 11.1. The Morgan fingerprint density at radius 3 is 2.71 bits per heavy atom. The van der Waals surface area contributed by atoms with Crippen LogP contribution in [-0.2, 0) is 11.3 Å². The number of anilines is 1. The van der Waals surface area contributed by atoms with Gasteiger partial charge in [0.05, 0.1) is 10.7 Å². The maximum absolute atomic E-state index is 11.7. The minimum absolute atomic E-state index is 0.136. The van der Waals surface area contributed by atoms with Gasteiger partial charge in [0.1, 0.15) is 6.54 Å². The zero-order chi connectivity index (χ0) is 12.3. The fourth-order valence-electron chi connectivity index (χ4n) is 1.31. The van der Waals surface area contributed by atoms with Crippen molar-refractivity contribution in [2.24, 2.45) is 0 Å². The molecule has 0 unspecified atom stereocenters. The van der Waals surface area contributed by atoms with Crippen molar-refractivity contribution >= 4 is 39.1 Å². The third-order valence-electron chi connectivity index (χ3n) is 2.04. The lowest BCUT2D eigenvalue weighted by molar-refractivity contribution is -0.116. The summed E-state index contributed by atoms with van der Waals surface area (Å²) in [6, 6.07) is 6.95. The maximum Gasteiger partial charge on any atom is 0.246 e. The summed E-state index contributed by atoms with van der Waals surface area (Å²) in [7, 11) is 0. The first-order chi connectivity index (χ1) is 8.13. The molecule has 0 radical (unpaired) electrons. The standard InChI is InChI=1S/C11H9BrClN3O/c12-8-5-14-16(6-8)7-11(17)15-10-3-1-9(13)2-4-10/h1-6H,7H2,(H,15,17). The molecular formula is C11H9BrClN3O. The molecule has 0 saturated carbocycles. The zero-order valence-electron chi connectivity index (χ0n) is 8.73. The molecule has 0 fully saturated rings. The van der Waals surface area contributed by atoms with Gasteiger partial charge >= 0.3 is 0 Å². The lowest BCUT2D eigenvalue weighted by Gasteiger charge is -2.05. The van der Waals surface area contributed by atoms with Gasteiger partial charge in [0.25, 0.3) is 0 Å². The van der Waals surface area contributed by atoms with E-state index in [4.69, 9.17) is 11.6 Å². The molecule has 0 saturated heterocycles. The average Bonchev–Trinajstić information content (AvgIpc) is 2.67. The first kappa shape index (κ1) is 12.1. The number of nitrogens with zero attached hydrogens (tertiary/aromatic N) is 2. The van der Waals surface area contributed by atoms with Crippen LogP contribution >= 0.6 is 27.5 Å². The van der Waals surface area contributed by atoms with Crippen LogP contribution in [0.2, 0.25) is 5.02 Å². The number of halogens is 2. The molecule has 88 valence electrons. The van der Waals surface area contributed by atoms with E-state index in [0.717, 1.165) is 4.47 Å². The number of nitrogens with one attached hydrogen (secondary N) is 1. The highest BCUT2D eigenvalue weighted by Gasteiger charge is 2.04. The van der Waals surface area contributed by atoms with Gasteiger partial charge in [-0.3, -0.25) is 9.48 Å². The fourth-order valence-corrected chi connectivity index (χ4v) is 1.76. The number of amides is 1. The molecule has 1 heterocycles. The number of rotatable bonds is 3. The Labute approximate surface area is 112 Å². The van der Waals surface area contributed by atoms with Crippen LogP contribution < -0.4 is 5.32 Å². The van der Waals surface area contributed by atoms with Crippen LogP contribution in [0.25, 0.3) is 0 Å². The molecule has 17 heavy (non-hydrogen) atoms. The molecule has 0 atom stereocenters. The largest absolute Gasteiger partial charge is 0.324 e. The summed E-state index contributed by atoms with van der Waals surface area (Å²) >= 11 is 9.02. The predicted octanol–water partition coefficient (Wildman–Crippen LogP) is 2.94. The van der Waals surface area contributed by atoms with E-state index >= 15 is 0 Å². The molecule has 1 aromatic carbocycles. The Bertz CT molecular complexity index is 524. The Kier molecular flexibility index (Phi) is 3.81. The van der Waals surface area contributed by atoms with Crippen molar-refractivity contribution < 1.29 is 4.79 Å². The molecule has 2 rings (SSSR count). The summed E-state index contributed by atoms with van der Waals surface area (Å²) in [5.41, 5.74) is 0.714. The molecule has 1 N–H and O–H groups in total. The first-order valence-electron chi connectivity index (χ1n) is 4.87. The van der Waals surface area contributed by atoms with Crippen molar-refractivity contribution in [1.29, 1.82) is 0 Å². The van der Waals surface area contributed by atoms with Gasteiger partial charge in [-0.05, 0) is 40.2 Å². The van der Waals surface area contributed by atoms with Gasteiger partial charge in [-0.1, -0.05) is 11.6 Å². The summed E-state index contributed by atoms with van der Waals surface area (Å²) in [5, 5.41) is 7.39. The first-order valence-corrected chi connectivity index (χ1v) is 6.04. The van der Waals surface area contributed by atoms with Crippen LogP contribution in [0.4, 0.5) is 5.69 Å². The van der Waals surface area contributed by atoms with Crippen LogP contribution in [0.15, 0.2) is 41.1 Å². The monoisotopic (exact) mass is 313 g/mol. The number of carbonyl (C=O) groups excluding carboxylic acids is 1. The molecule has 6 heteroatoms. The Hall–Kier alpha value is -1.33. The van der Waals surface area contributed by atoms with Crippen LogP contribution in [0.5, 0.6) is 0 Å². The number of carbonyl (C=O) groups is 1. The van der Waals surface area contributed by atoms with E-state index in [1.807, 2.05) is 0 Å². The second-order valence-corrected chi connectivity index (χ2v) is 4.76. The van der Waals surface area contributed by atoms with Crippen molar-refractivity contribution in [2.45, 2.75) is 6.54 Å². The molecular weight excluding hydrogens is 305 g/mol. The van der Waals surface area contributed by atoms with Gasteiger partial charge in [-0.15, -0.1) is 0 Å². The van der Waals surface area contributed by atoms with Crippen molar-refractivity contribution in [3.8, 4) is 0 Å². The molecule has 0 spiro atoms. The minimum atomic E-state index is -0.136. The van der Waals surface area contributed by atoms with Crippen molar-refractivity contribution in [3.05, 3.63) is 46.2 Å². The van der Waals surface area contributed by atoms with Crippen LogP contribution in [0, 0.1) is 0 Å². The average molecular weight is 315 g/mol. The van der Waals surface area contributed by atoms with Crippen molar-refractivity contribution in [3.63, 3.8) is 0 Å². The summed E-state index contributed by atoms with van der Waals surface area (Å²) in [6.07, 6.45) is 3.37. The van der Waals surface area contributed by atoms with Crippen LogP contribution in [0.3, 0.4) is 0 Å². The highest BCUT2D eigenvalue weighted by atomic mass is 79.9. The quantitative estimate of drug-likeness (QED) is 0.947. The molecule has 1 amide bonds. The van der Waals surface area contributed by atoms with E-state index in [1.165, 1.54) is 0 Å². The van der Waals surface area contributed by atoms with Gasteiger partial charge in [-0.25, -0.2) is 0 Å². The van der Waals surface area contributed by atoms with E-state index in [2.05, 4.69) is 26.3 Å². The summed E-state index contributed by atoms with van der Waals surface area (Å²) in [6.45, 7) is 0.175. The predicted molar refractivity (Wildman–Crippen MR) is 70.0 cm³/mol. The molecule has 0 aliphatic carbocycles. The van der Waals surface area contributed by atoms with E-state index in [0.29, 0.717) is 10.7 Å². The number of hydrogen-bond acceptors (Lipinski definition) is 2. The molecule has 0 aliphatic rings. The highest BCUT2D eigenvalue weighted by molar-refractivity contribution is 9.10. The topological polar surface area (TPSA) is 46.9 Å². The Balaban J connectivity index is 1.95. The Morgan fingerprint density at radius 2 is 2.12 bits per heavy atom. The SMILES string of the molecule is O=C(Cn1cc(Br)cn1)Nc1ccc(Cl)cc1. The molecule has 4 nitrogen and oxygen atoms in total. The fraction of sp³-hybridized carbons (Fsp3) is 0.0909. The highest BCUT2D eigenvalue weighted by Crippen LogP contribution is 2.13. The summed E-state index contributed by atoms with van der Waals surface area (Å²) < 4.78 is 2.40. The van der Waals surface area contributed by atoms with E-state index < -0.39 is 0 Å². The second-order valence-electron chi connectivity index (χ2n) is 3.41. The summed E-state index contributed by atoms with van der Waals surface area (Å²) in [5.74, 6) is -0.136. The van der Waals surface area contributed by atoms with Crippen molar-refractivity contribution in [1.82, 2.24) is 9.78 Å². The van der Waals surface area contributed by atoms with Crippen molar-refractivity contribution in [2.75, 3.05) is 5.32 Å². The number of hydrogen-bond donors (Lipinski definition) is 1. The molecule has 0 aliphatic heterocycles. The van der Waals surface area contributed by atoms with E-state index in [9.17, 15) is 4.79 Å². The smallest absolute Gasteiger partial charge is 0.246 e. The van der Waals surface area contributed by atoms with Gasteiger partial charge in [-0.2, -0.15) is 5.10 Å². The molecule has 0 bridgehead atoms. The molecule has 2 aromatic rings. The van der Waals surface area contributed by atoms with Crippen LogP contribution in [0.1, 0.15) is 0 Å². The number of aromatic nitrogens is 2. The third-order valence-corrected chi connectivity index (χ3v) is 2.70. The summed E-state index contributed by atoms with van der Waals surface area (Å²) in [4.78, 5) is 11.7.